The minimum atomic E-state index is -0.648. The second-order valence-corrected chi connectivity index (χ2v) is 8.38. The van der Waals surface area contributed by atoms with Gasteiger partial charge >= 0.3 is 0 Å². The predicted molar refractivity (Wildman–Crippen MR) is 97.6 cm³/mol. The van der Waals surface area contributed by atoms with Crippen molar-refractivity contribution in [2.24, 2.45) is 5.41 Å². The molecule has 144 valence electrons. The predicted octanol–water partition coefficient (Wildman–Crippen LogP) is 2.10. The first kappa shape index (κ1) is 17.2. The van der Waals surface area contributed by atoms with Crippen LogP contribution in [0.4, 0.5) is 0 Å². The van der Waals surface area contributed by atoms with E-state index in [-0.39, 0.29) is 23.9 Å². The van der Waals surface area contributed by atoms with Crippen molar-refractivity contribution < 1.29 is 19.1 Å². The fourth-order valence-corrected chi connectivity index (χ4v) is 5.61. The molecule has 3 atom stereocenters. The molecule has 1 spiro atoms. The van der Waals surface area contributed by atoms with Crippen molar-refractivity contribution in [3.63, 3.8) is 0 Å². The van der Waals surface area contributed by atoms with Gasteiger partial charge in [-0.25, -0.2) is 0 Å². The van der Waals surface area contributed by atoms with E-state index < -0.39 is 11.1 Å². The Bertz CT molecular complexity index is 763. The molecule has 3 aliphatic heterocycles. The van der Waals surface area contributed by atoms with E-state index in [9.17, 15) is 9.59 Å². The summed E-state index contributed by atoms with van der Waals surface area (Å²) < 4.78 is 11.7. The van der Waals surface area contributed by atoms with Crippen molar-refractivity contribution >= 4 is 11.8 Å². The van der Waals surface area contributed by atoms with Gasteiger partial charge in [0.2, 0.25) is 11.8 Å². The zero-order valence-corrected chi connectivity index (χ0v) is 15.7. The third-order valence-electron chi connectivity index (χ3n) is 7.09. The molecule has 3 saturated heterocycles. The lowest BCUT2D eigenvalue weighted by molar-refractivity contribution is -0.156. The van der Waals surface area contributed by atoms with Crippen LogP contribution >= 0.6 is 0 Å². The van der Waals surface area contributed by atoms with Crippen LogP contribution in [0, 0.1) is 5.41 Å². The van der Waals surface area contributed by atoms with Crippen LogP contribution in [-0.2, 0) is 19.1 Å². The first-order chi connectivity index (χ1) is 13.1. The van der Waals surface area contributed by atoms with Crippen molar-refractivity contribution in [3.8, 4) is 0 Å². The number of methoxy groups -OCH3 is 1. The first-order valence-electron chi connectivity index (χ1n) is 9.92. The van der Waals surface area contributed by atoms with Crippen LogP contribution in [0.2, 0.25) is 0 Å². The summed E-state index contributed by atoms with van der Waals surface area (Å²) in [7, 11) is 1.66. The minimum absolute atomic E-state index is 0.0598. The molecule has 1 aromatic carbocycles. The van der Waals surface area contributed by atoms with Gasteiger partial charge in [-0.05, 0) is 18.4 Å². The normalized spacial score (nSPS) is 33.7. The maximum absolute atomic E-state index is 13.4. The molecule has 0 unspecified atom stereocenters. The fraction of sp³-hybridized carbons (Fsp3) is 0.619. The molecule has 0 aromatic heterocycles. The van der Waals surface area contributed by atoms with Gasteiger partial charge in [0.15, 0.2) is 5.72 Å². The van der Waals surface area contributed by atoms with Crippen molar-refractivity contribution in [2.45, 2.75) is 49.9 Å². The van der Waals surface area contributed by atoms with Crippen LogP contribution in [0.15, 0.2) is 30.3 Å². The Labute approximate surface area is 159 Å². The highest BCUT2D eigenvalue weighted by molar-refractivity contribution is 5.88. The van der Waals surface area contributed by atoms with Gasteiger partial charge in [0.25, 0.3) is 0 Å². The van der Waals surface area contributed by atoms with Crippen LogP contribution in [0.5, 0.6) is 0 Å². The molecule has 5 rings (SSSR count). The van der Waals surface area contributed by atoms with Crippen molar-refractivity contribution in [1.29, 1.82) is 0 Å². The largest absolute Gasteiger partial charge is 0.384 e. The number of carbonyl (C=O) groups is 2. The number of amides is 2. The molecule has 6 nitrogen and oxygen atoms in total. The van der Waals surface area contributed by atoms with Crippen LogP contribution in [-0.4, -0.2) is 60.2 Å². The van der Waals surface area contributed by atoms with E-state index in [2.05, 4.69) is 0 Å². The lowest BCUT2D eigenvalue weighted by Gasteiger charge is -2.43. The van der Waals surface area contributed by atoms with E-state index in [0.717, 1.165) is 24.8 Å². The molecule has 0 bridgehead atoms. The van der Waals surface area contributed by atoms with Gasteiger partial charge in [-0.3, -0.25) is 9.59 Å². The highest BCUT2D eigenvalue weighted by Crippen LogP contribution is 2.53. The zero-order chi connectivity index (χ0) is 18.6. The Morgan fingerprint density at radius 2 is 2.04 bits per heavy atom. The molecule has 1 aliphatic carbocycles. The maximum atomic E-state index is 13.4. The van der Waals surface area contributed by atoms with Gasteiger partial charge in [-0.1, -0.05) is 36.8 Å². The van der Waals surface area contributed by atoms with Gasteiger partial charge in [-0.2, -0.15) is 0 Å². The Hall–Kier alpha value is -1.92. The van der Waals surface area contributed by atoms with E-state index >= 15 is 0 Å². The van der Waals surface area contributed by atoms with Crippen LogP contribution < -0.4 is 0 Å². The van der Waals surface area contributed by atoms with Gasteiger partial charge in [0, 0.05) is 20.1 Å². The molecule has 0 N–H and O–H groups in total. The molecular formula is C21H26N2O4. The zero-order valence-electron chi connectivity index (χ0n) is 15.7. The number of likely N-dealkylation sites (tertiary alicyclic amines) is 1. The number of rotatable bonds is 4. The monoisotopic (exact) mass is 370 g/mol. The summed E-state index contributed by atoms with van der Waals surface area (Å²) in [6, 6.07) is 9.83. The molecule has 1 saturated carbocycles. The average molecular weight is 370 g/mol. The third kappa shape index (κ3) is 2.26. The maximum Gasteiger partial charge on any atom is 0.231 e. The van der Waals surface area contributed by atoms with Gasteiger partial charge in [0.1, 0.15) is 0 Å². The van der Waals surface area contributed by atoms with Gasteiger partial charge in [-0.15, -0.1) is 0 Å². The number of benzene rings is 1. The Morgan fingerprint density at radius 3 is 2.70 bits per heavy atom. The molecule has 3 heterocycles. The topological polar surface area (TPSA) is 59.1 Å². The summed E-state index contributed by atoms with van der Waals surface area (Å²) in [4.78, 5) is 30.2. The second-order valence-electron chi connectivity index (χ2n) is 8.38. The smallest absolute Gasteiger partial charge is 0.231 e. The Morgan fingerprint density at radius 1 is 1.26 bits per heavy atom. The lowest BCUT2D eigenvalue weighted by Crippen LogP contribution is -2.55. The van der Waals surface area contributed by atoms with Gasteiger partial charge < -0.3 is 19.3 Å². The first-order valence-corrected chi connectivity index (χ1v) is 9.92. The molecule has 6 heteroatoms. The van der Waals surface area contributed by atoms with Crippen LogP contribution in [0.25, 0.3) is 0 Å². The van der Waals surface area contributed by atoms with Crippen LogP contribution in [0.3, 0.4) is 0 Å². The Balaban J connectivity index is 1.43. The summed E-state index contributed by atoms with van der Waals surface area (Å²) in [5, 5.41) is 0. The molecule has 4 fully saturated rings. The number of carbonyl (C=O) groups excluding carboxylic acids is 2. The minimum Gasteiger partial charge on any atom is -0.384 e. The second kappa shape index (κ2) is 6.04. The number of hydrogen-bond donors (Lipinski definition) is 0. The lowest BCUT2D eigenvalue weighted by atomic mass is 9.68. The summed E-state index contributed by atoms with van der Waals surface area (Å²) in [6.07, 6.45) is 3.87. The van der Waals surface area contributed by atoms with E-state index in [1.165, 1.54) is 0 Å². The summed E-state index contributed by atoms with van der Waals surface area (Å²) in [5.74, 6) is 0.247. The SMILES string of the molecule is COCC1(C(=O)N2CC[C@@]34OC[C@@H](c5ccccc5)N3C(=O)C[C@@H]24)CCC1. The van der Waals surface area contributed by atoms with E-state index in [1.807, 2.05) is 40.1 Å². The van der Waals surface area contributed by atoms with Gasteiger partial charge in [0.05, 0.1) is 37.1 Å². The summed E-state index contributed by atoms with van der Waals surface area (Å²) in [5.41, 5.74) is 0.0578. The highest BCUT2D eigenvalue weighted by atomic mass is 16.5. The Kier molecular flexibility index (Phi) is 3.85. The quantitative estimate of drug-likeness (QED) is 0.815. The summed E-state index contributed by atoms with van der Waals surface area (Å²) in [6.45, 7) is 1.62. The standard InChI is InChI=1S/C21H26N2O4/c1-26-14-20(8-5-9-20)19(25)22-11-10-21-17(22)12-18(24)23(21)16(13-27-21)15-6-3-2-4-7-15/h2-4,6-7,16-17H,5,8-14H2,1H3/t16-,17+,21-/m0/s1. The molecule has 0 radical (unpaired) electrons. The fourth-order valence-electron chi connectivity index (χ4n) is 5.61. The average Bonchev–Trinajstić information content (AvgIpc) is 3.27. The van der Waals surface area contributed by atoms with E-state index in [0.29, 0.717) is 32.6 Å². The molecule has 4 aliphatic rings. The molecule has 27 heavy (non-hydrogen) atoms. The molecule has 2 amide bonds. The molecular weight excluding hydrogens is 344 g/mol. The van der Waals surface area contributed by atoms with E-state index in [4.69, 9.17) is 9.47 Å². The third-order valence-corrected chi connectivity index (χ3v) is 7.09. The number of ether oxygens (including phenoxy) is 2. The van der Waals surface area contributed by atoms with E-state index in [1.54, 1.807) is 7.11 Å². The number of nitrogens with zero attached hydrogens (tertiary/aromatic N) is 2. The number of hydrogen-bond acceptors (Lipinski definition) is 4. The summed E-state index contributed by atoms with van der Waals surface area (Å²) >= 11 is 0. The van der Waals surface area contributed by atoms with Crippen molar-refractivity contribution in [2.75, 3.05) is 26.9 Å². The van der Waals surface area contributed by atoms with Crippen molar-refractivity contribution in [1.82, 2.24) is 9.80 Å². The highest BCUT2D eigenvalue weighted by Gasteiger charge is 2.66. The van der Waals surface area contributed by atoms with Crippen LogP contribution in [0.1, 0.15) is 43.7 Å². The van der Waals surface area contributed by atoms with Crippen molar-refractivity contribution in [3.05, 3.63) is 35.9 Å². The molecule has 1 aromatic rings.